The number of benzene rings is 1. The van der Waals surface area contributed by atoms with Crippen LogP contribution in [0.1, 0.15) is 15.2 Å². The molecule has 4 nitrogen and oxygen atoms in total. The average molecular weight is 249 g/mol. The number of hydrazine groups is 1. The third kappa shape index (κ3) is 2.31. The van der Waals surface area contributed by atoms with E-state index in [-0.39, 0.29) is 5.91 Å². The molecular weight excluding hydrogens is 234 g/mol. The summed E-state index contributed by atoms with van der Waals surface area (Å²) in [5.41, 5.74) is 3.25. The van der Waals surface area contributed by atoms with Crippen molar-refractivity contribution < 1.29 is 4.79 Å². The molecule has 2 rings (SSSR count). The Morgan fingerprint density at radius 1 is 1.41 bits per heavy atom. The maximum atomic E-state index is 11.7. The predicted octanol–water partition coefficient (Wildman–Crippen LogP) is 1.57. The molecule has 90 valence electrons. The second-order valence-electron chi connectivity index (χ2n) is 4.12. The topological polar surface area (TPSA) is 58.4 Å². The van der Waals surface area contributed by atoms with E-state index in [1.165, 1.54) is 11.3 Å². The van der Waals surface area contributed by atoms with Gasteiger partial charge in [0.2, 0.25) is 0 Å². The summed E-state index contributed by atoms with van der Waals surface area (Å²) in [6, 6.07) is 8.02. The van der Waals surface area contributed by atoms with Crippen LogP contribution in [0.25, 0.3) is 10.1 Å². The Morgan fingerprint density at radius 3 is 2.76 bits per heavy atom. The van der Waals surface area contributed by atoms with Gasteiger partial charge in [0.05, 0.1) is 4.88 Å². The van der Waals surface area contributed by atoms with Gasteiger partial charge in [-0.15, -0.1) is 11.3 Å². The van der Waals surface area contributed by atoms with E-state index in [0.29, 0.717) is 4.88 Å². The van der Waals surface area contributed by atoms with Crippen molar-refractivity contribution in [3.05, 3.63) is 34.7 Å². The number of nitrogens with two attached hydrogens (primary N) is 1. The summed E-state index contributed by atoms with van der Waals surface area (Å²) >= 11 is 1.48. The zero-order chi connectivity index (χ0) is 12.4. The van der Waals surface area contributed by atoms with Gasteiger partial charge in [-0.05, 0) is 31.1 Å². The monoisotopic (exact) mass is 249 g/mol. The van der Waals surface area contributed by atoms with Crippen LogP contribution in [0.2, 0.25) is 0 Å². The molecule has 0 aliphatic heterocycles. The zero-order valence-electron chi connectivity index (χ0n) is 9.86. The number of amides is 1. The number of rotatable bonds is 3. The molecule has 0 saturated heterocycles. The summed E-state index contributed by atoms with van der Waals surface area (Å²) < 4.78 is 1.11. The summed E-state index contributed by atoms with van der Waals surface area (Å²) in [5.74, 6) is 5.00. The first-order valence-corrected chi connectivity index (χ1v) is 6.11. The van der Waals surface area contributed by atoms with E-state index in [9.17, 15) is 4.79 Å². The third-order valence-corrected chi connectivity index (χ3v) is 3.72. The molecule has 5 heteroatoms. The smallest absolute Gasteiger partial charge is 0.275 e. The van der Waals surface area contributed by atoms with Gasteiger partial charge in [0.25, 0.3) is 5.91 Å². The van der Waals surface area contributed by atoms with E-state index in [0.717, 1.165) is 22.2 Å². The van der Waals surface area contributed by atoms with Crippen molar-refractivity contribution in [2.75, 3.05) is 14.1 Å². The number of nitrogen functional groups attached to an aromatic ring is 1. The van der Waals surface area contributed by atoms with Gasteiger partial charge in [-0.3, -0.25) is 10.2 Å². The zero-order valence-corrected chi connectivity index (χ0v) is 10.7. The molecule has 0 aliphatic carbocycles. The molecule has 0 spiro atoms. The van der Waals surface area contributed by atoms with Crippen molar-refractivity contribution in [2.45, 2.75) is 6.54 Å². The summed E-state index contributed by atoms with van der Waals surface area (Å²) in [7, 11) is 3.97. The maximum Gasteiger partial charge on any atom is 0.275 e. The molecule has 2 aromatic rings. The molecule has 0 atom stereocenters. The van der Waals surface area contributed by atoms with Crippen LogP contribution in [-0.2, 0) is 6.54 Å². The molecule has 1 heterocycles. The molecule has 1 aromatic heterocycles. The average Bonchev–Trinajstić information content (AvgIpc) is 2.67. The Balaban J connectivity index is 2.60. The summed E-state index contributed by atoms with van der Waals surface area (Å²) in [5, 5.41) is 1.13. The van der Waals surface area contributed by atoms with Gasteiger partial charge < -0.3 is 4.90 Å². The Kier molecular flexibility index (Phi) is 3.42. The van der Waals surface area contributed by atoms with Crippen molar-refractivity contribution in [2.24, 2.45) is 5.84 Å². The Hall–Kier alpha value is -1.43. The highest BCUT2D eigenvalue weighted by molar-refractivity contribution is 7.21. The van der Waals surface area contributed by atoms with Crippen LogP contribution in [0.5, 0.6) is 0 Å². The lowest BCUT2D eigenvalue weighted by Gasteiger charge is -2.10. The normalized spacial score (nSPS) is 11.1. The third-order valence-electron chi connectivity index (χ3n) is 2.51. The van der Waals surface area contributed by atoms with Gasteiger partial charge in [0.1, 0.15) is 0 Å². The number of nitrogens with zero attached hydrogens (tertiary/aromatic N) is 1. The van der Waals surface area contributed by atoms with Crippen LogP contribution in [0.3, 0.4) is 0 Å². The Bertz CT molecular complexity index is 548. The summed E-state index contributed by atoms with van der Waals surface area (Å²) in [6.07, 6.45) is 0. The number of carbonyl (C=O) groups excluding carboxylic acids is 1. The lowest BCUT2D eigenvalue weighted by atomic mass is 10.1. The highest BCUT2D eigenvalue weighted by atomic mass is 32.1. The van der Waals surface area contributed by atoms with Gasteiger partial charge in [0, 0.05) is 11.2 Å². The van der Waals surface area contributed by atoms with E-state index >= 15 is 0 Å². The molecule has 0 bridgehead atoms. The van der Waals surface area contributed by atoms with E-state index in [1.807, 2.05) is 43.3 Å². The molecule has 0 unspecified atom stereocenters. The first-order chi connectivity index (χ1) is 8.13. The maximum absolute atomic E-state index is 11.7. The van der Waals surface area contributed by atoms with Crippen molar-refractivity contribution in [1.82, 2.24) is 10.3 Å². The van der Waals surface area contributed by atoms with E-state index in [2.05, 4.69) is 5.43 Å². The van der Waals surface area contributed by atoms with Crippen LogP contribution < -0.4 is 11.3 Å². The van der Waals surface area contributed by atoms with Crippen molar-refractivity contribution in [3.8, 4) is 0 Å². The number of nitrogens with one attached hydrogen (secondary N) is 1. The first kappa shape index (κ1) is 12.0. The summed E-state index contributed by atoms with van der Waals surface area (Å²) in [6.45, 7) is 0.729. The highest BCUT2D eigenvalue weighted by Crippen LogP contribution is 2.31. The largest absolute Gasteiger partial charge is 0.305 e. The second-order valence-corrected chi connectivity index (χ2v) is 5.17. The molecule has 1 aromatic carbocycles. The minimum absolute atomic E-state index is 0.219. The fraction of sp³-hybridized carbons (Fsp3) is 0.250. The van der Waals surface area contributed by atoms with Crippen LogP contribution in [0.15, 0.2) is 24.3 Å². The van der Waals surface area contributed by atoms with Crippen molar-refractivity contribution >= 4 is 27.3 Å². The second kappa shape index (κ2) is 4.83. The van der Waals surface area contributed by atoms with E-state index < -0.39 is 0 Å². The van der Waals surface area contributed by atoms with Crippen molar-refractivity contribution in [3.63, 3.8) is 0 Å². The molecule has 3 N–H and O–H groups in total. The van der Waals surface area contributed by atoms with Crippen LogP contribution in [-0.4, -0.2) is 24.9 Å². The Labute approximate surface area is 104 Å². The molecule has 0 aliphatic rings. The first-order valence-electron chi connectivity index (χ1n) is 5.29. The minimum atomic E-state index is -0.219. The minimum Gasteiger partial charge on any atom is -0.305 e. The molecule has 0 radical (unpaired) electrons. The number of fused-ring (bicyclic) bond motifs is 1. The molecule has 0 fully saturated rings. The number of hydrogen-bond acceptors (Lipinski definition) is 4. The molecule has 17 heavy (non-hydrogen) atoms. The fourth-order valence-electron chi connectivity index (χ4n) is 1.82. The van der Waals surface area contributed by atoms with Crippen LogP contribution in [0, 0.1) is 0 Å². The van der Waals surface area contributed by atoms with Gasteiger partial charge in [-0.1, -0.05) is 18.2 Å². The van der Waals surface area contributed by atoms with E-state index in [4.69, 9.17) is 5.84 Å². The lowest BCUT2D eigenvalue weighted by molar-refractivity contribution is 0.0956. The SMILES string of the molecule is CN(C)Cc1c(C(=O)NN)sc2ccccc12. The highest BCUT2D eigenvalue weighted by Gasteiger charge is 2.17. The van der Waals surface area contributed by atoms with Crippen molar-refractivity contribution in [1.29, 1.82) is 0 Å². The van der Waals surface area contributed by atoms with Gasteiger partial charge in [-0.25, -0.2) is 5.84 Å². The number of thiophene rings is 1. The lowest BCUT2D eigenvalue weighted by Crippen LogP contribution is -2.30. The van der Waals surface area contributed by atoms with Crippen LogP contribution in [0.4, 0.5) is 0 Å². The van der Waals surface area contributed by atoms with Crippen LogP contribution >= 0.6 is 11.3 Å². The quantitative estimate of drug-likeness (QED) is 0.493. The molecular formula is C12H15N3OS. The van der Waals surface area contributed by atoms with E-state index in [1.54, 1.807) is 0 Å². The Morgan fingerprint density at radius 2 is 2.12 bits per heavy atom. The van der Waals surface area contributed by atoms with Gasteiger partial charge in [-0.2, -0.15) is 0 Å². The summed E-state index contributed by atoms with van der Waals surface area (Å²) in [4.78, 5) is 14.5. The van der Waals surface area contributed by atoms with Gasteiger partial charge >= 0.3 is 0 Å². The predicted molar refractivity (Wildman–Crippen MR) is 70.9 cm³/mol. The molecule has 0 saturated carbocycles. The number of hydrogen-bond donors (Lipinski definition) is 2. The number of carbonyl (C=O) groups is 1. The molecule has 1 amide bonds. The van der Waals surface area contributed by atoms with Gasteiger partial charge in [0.15, 0.2) is 0 Å². The fourth-order valence-corrected chi connectivity index (χ4v) is 2.94. The standard InChI is InChI=1S/C12H15N3OS/c1-15(2)7-9-8-5-3-4-6-10(8)17-11(9)12(16)14-13/h3-6H,7,13H2,1-2H3,(H,14,16).